The monoisotopic (exact) mass is 398 g/mol. The van der Waals surface area contributed by atoms with Gasteiger partial charge in [-0.1, -0.05) is 24.8 Å². The first-order valence-corrected chi connectivity index (χ1v) is 10.4. The van der Waals surface area contributed by atoms with Crippen LogP contribution in [0.15, 0.2) is 51.6 Å². The van der Waals surface area contributed by atoms with Gasteiger partial charge in [-0.05, 0) is 36.9 Å². The van der Waals surface area contributed by atoms with Crippen LogP contribution in [0.25, 0.3) is 22.2 Å². The average molecular weight is 399 g/mol. The van der Waals surface area contributed by atoms with Gasteiger partial charge in [-0.25, -0.2) is 0 Å². The van der Waals surface area contributed by atoms with Crippen molar-refractivity contribution < 1.29 is 4.42 Å². The summed E-state index contributed by atoms with van der Waals surface area (Å²) in [5, 5.41) is 20.0. The van der Waals surface area contributed by atoms with Gasteiger partial charge < -0.3 is 8.98 Å². The first-order valence-electron chi connectivity index (χ1n) is 8.63. The normalized spacial score (nSPS) is 12.4. The van der Waals surface area contributed by atoms with Crippen molar-refractivity contribution in [1.82, 2.24) is 29.9 Å². The van der Waals surface area contributed by atoms with Gasteiger partial charge in [0, 0.05) is 24.5 Å². The van der Waals surface area contributed by atoms with Crippen LogP contribution in [0.4, 0.5) is 0 Å². The van der Waals surface area contributed by atoms with Crippen LogP contribution in [-0.4, -0.2) is 29.9 Å². The zero-order valence-electron chi connectivity index (χ0n) is 14.9. The lowest BCUT2D eigenvalue weighted by Gasteiger charge is -2.10. The third-order valence-electron chi connectivity index (χ3n) is 3.91. The topological polar surface area (TPSA) is 82.5 Å². The van der Waals surface area contributed by atoms with E-state index in [-0.39, 0.29) is 5.25 Å². The second-order valence-corrected chi connectivity index (χ2v) is 8.13. The highest BCUT2D eigenvalue weighted by atomic mass is 32.2. The molecule has 0 spiro atoms. The molecule has 0 bridgehead atoms. The zero-order chi connectivity index (χ0) is 18.6. The van der Waals surface area contributed by atoms with Crippen molar-refractivity contribution in [3.05, 3.63) is 47.9 Å². The summed E-state index contributed by atoms with van der Waals surface area (Å²) in [5.74, 6) is 1.98. The van der Waals surface area contributed by atoms with Crippen molar-refractivity contribution in [3.8, 4) is 22.2 Å². The quantitative estimate of drug-likeness (QED) is 0.417. The van der Waals surface area contributed by atoms with Crippen molar-refractivity contribution in [2.24, 2.45) is 0 Å². The SMILES string of the molecule is CCCn1c(SC(C)c2nnc(-c3cccs3)o2)nnc1-c1ccncc1. The summed E-state index contributed by atoms with van der Waals surface area (Å²) >= 11 is 3.15. The lowest BCUT2D eigenvalue weighted by molar-refractivity contribution is 0.509. The molecule has 4 rings (SSSR count). The molecule has 7 nitrogen and oxygen atoms in total. The molecular weight excluding hydrogens is 380 g/mol. The van der Waals surface area contributed by atoms with Gasteiger partial charge in [0.15, 0.2) is 11.0 Å². The van der Waals surface area contributed by atoms with Gasteiger partial charge in [0.25, 0.3) is 5.89 Å². The highest BCUT2D eigenvalue weighted by Gasteiger charge is 2.21. The van der Waals surface area contributed by atoms with Crippen LogP contribution < -0.4 is 0 Å². The maximum absolute atomic E-state index is 5.85. The Morgan fingerprint density at radius 1 is 1.15 bits per heavy atom. The Morgan fingerprint density at radius 2 is 2.00 bits per heavy atom. The van der Waals surface area contributed by atoms with Gasteiger partial charge in [-0.15, -0.1) is 31.7 Å². The molecule has 0 saturated carbocycles. The van der Waals surface area contributed by atoms with Crippen LogP contribution in [0.5, 0.6) is 0 Å². The maximum Gasteiger partial charge on any atom is 0.257 e. The van der Waals surface area contributed by atoms with Crippen LogP contribution in [0.3, 0.4) is 0 Å². The molecule has 1 unspecified atom stereocenters. The maximum atomic E-state index is 5.85. The van der Waals surface area contributed by atoms with Crippen molar-refractivity contribution in [2.45, 2.75) is 37.2 Å². The minimum absolute atomic E-state index is 0.0312. The van der Waals surface area contributed by atoms with E-state index in [4.69, 9.17) is 4.42 Å². The average Bonchev–Trinajstić information content (AvgIpc) is 3.44. The molecule has 27 heavy (non-hydrogen) atoms. The van der Waals surface area contributed by atoms with E-state index in [2.05, 4.69) is 36.9 Å². The van der Waals surface area contributed by atoms with E-state index < -0.39 is 0 Å². The fraction of sp³-hybridized carbons (Fsp3) is 0.278. The molecule has 0 amide bonds. The smallest absolute Gasteiger partial charge is 0.257 e. The van der Waals surface area contributed by atoms with E-state index in [9.17, 15) is 0 Å². The predicted octanol–water partition coefficient (Wildman–Crippen LogP) is 4.71. The number of aromatic nitrogens is 6. The first-order chi connectivity index (χ1) is 13.3. The summed E-state index contributed by atoms with van der Waals surface area (Å²) in [5.41, 5.74) is 1.00. The highest BCUT2D eigenvalue weighted by molar-refractivity contribution is 7.99. The van der Waals surface area contributed by atoms with E-state index >= 15 is 0 Å². The molecule has 0 aliphatic carbocycles. The number of hydrogen-bond donors (Lipinski definition) is 0. The van der Waals surface area contributed by atoms with Crippen molar-refractivity contribution in [3.63, 3.8) is 0 Å². The minimum Gasteiger partial charge on any atom is -0.419 e. The summed E-state index contributed by atoms with van der Waals surface area (Å²) in [4.78, 5) is 5.05. The summed E-state index contributed by atoms with van der Waals surface area (Å²) in [6.45, 7) is 5.01. The number of thiophene rings is 1. The molecule has 138 valence electrons. The number of pyridine rings is 1. The minimum atomic E-state index is -0.0312. The van der Waals surface area contributed by atoms with Crippen molar-refractivity contribution in [1.29, 1.82) is 0 Å². The Hall–Kier alpha value is -2.52. The summed E-state index contributed by atoms with van der Waals surface area (Å²) in [6.07, 6.45) is 4.52. The summed E-state index contributed by atoms with van der Waals surface area (Å²) in [7, 11) is 0. The Kier molecular flexibility index (Phi) is 5.30. The van der Waals surface area contributed by atoms with Gasteiger partial charge in [-0.2, -0.15) is 0 Å². The largest absolute Gasteiger partial charge is 0.419 e. The molecule has 9 heteroatoms. The van der Waals surface area contributed by atoms with Crippen LogP contribution >= 0.6 is 23.1 Å². The molecule has 4 aromatic rings. The standard InChI is InChI=1S/C18H18N6OS2/c1-3-10-24-15(13-6-8-19-9-7-13)20-23-18(24)27-12(2)16-21-22-17(25-16)14-5-4-11-26-14/h4-9,11-12H,3,10H2,1-2H3. The van der Waals surface area contributed by atoms with Gasteiger partial charge >= 0.3 is 0 Å². The molecule has 4 heterocycles. The molecule has 0 aliphatic rings. The Morgan fingerprint density at radius 3 is 2.74 bits per heavy atom. The summed E-state index contributed by atoms with van der Waals surface area (Å²) in [6, 6.07) is 7.83. The van der Waals surface area contributed by atoms with E-state index in [0.717, 1.165) is 34.4 Å². The molecule has 0 fully saturated rings. The Bertz CT molecular complexity index is 996. The fourth-order valence-corrected chi connectivity index (χ4v) is 4.17. The number of rotatable bonds is 7. The van der Waals surface area contributed by atoms with Crippen LogP contribution in [0.1, 0.15) is 31.4 Å². The second-order valence-electron chi connectivity index (χ2n) is 5.88. The van der Waals surface area contributed by atoms with Crippen LogP contribution in [0.2, 0.25) is 0 Å². The van der Waals surface area contributed by atoms with Crippen molar-refractivity contribution >= 4 is 23.1 Å². The fourth-order valence-electron chi connectivity index (χ4n) is 2.62. The Balaban J connectivity index is 1.58. The third-order valence-corrected chi connectivity index (χ3v) is 5.83. The molecule has 0 radical (unpaired) electrons. The molecule has 0 saturated heterocycles. The lowest BCUT2D eigenvalue weighted by atomic mass is 10.2. The molecule has 0 N–H and O–H groups in total. The van der Waals surface area contributed by atoms with E-state index in [1.165, 1.54) is 0 Å². The van der Waals surface area contributed by atoms with Gasteiger partial charge in [0.05, 0.1) is 10.1 Å². The van der Waals surface area contributed by atoms with E-state index in [1.54, 1.807) is 35.5 Å². The second kappa shape index (κ2) is 8.01. The summed E-state index contributed by atoms with van der Waals surface area (Å²) < 4.78 is 7.99. The van der Waals surface area contributed by atoms with E-state index in [0.29, 0.717) is 11.8 Å². The number of nitrogens with zero attached hydrogens (tertiary/aromatic N) is 6. The number of thioether (sulfide) groups is 1. The molecule has 4 aromatic heterocycles. The number of hydrogen-bond acceptors (Lipinski definition) is 8. The third kappa shape index (κ3) is 3.79. The molecule has 1 atom stereocenters. The van der Waals surface area contributed by atoms with Crippen molar-refractivity contribution in [2.75, 3.05) is 0 Å². The molecular formula is C18H18N6OS2. The Labute approximate surface area is 164 Å². The molecule has 0 aliphatic heterocycles. The predicted molar refractivity (Wildman–Crippen MR) is 105 cm³/mol. The van der Waals surface area contributed by atoms with Gasteiger partial charge in [0.2, 0.25) is 5.89 Å². The van der Waals surface area contributed by atoms with Crippen LogP contribution in [-0.2, 0) is 6.54 Å². The van der Waals surface area contributed by atoms with Gasteiger partial charge in [-0.3, -0.25) is 4.98 Å². The van der Waals surface area contributed by atoms with Crippen LogP contribution in [0, 0.1) is 0 Å². The molecule has 0 aromatic carbocycles. The highest BCUT2D eigenvalue weighted by Crippen LogP contribution is 2.36. The zero-order valence-corrected chi connectivity index (χ0v) is 16.6. The van der Waals surface area contributed by atoms with Gasteiger partial charge in [0.1, 0.15) is 0 Å². The van der Waals surface area contributed by atoms with E-state index in [1.807, 2.05) is 36.6 Å². The first kappa shape index (κ1) is 17.9. The lowest BCUT2D eigenvalue weighted by Crippen LogP contribution is -2.03.